The summed E-state index contributed by atoms with van der Waals surface area (Å²) < 4.78 is 0. The molecule has 0 radical (unpaired) electrons. The van der Waals surface area contributed by atoms with E-state index in [9.17, 15) is 9.59 Å². The predicted octanol–water partition coefficient (Wildman–Crippen LogP) is 3.07. The van der Waals surface area contributed by atoms with Gasteiger partial charge in [-0.15, -0.1) is 0 Å². The molecule has 0 atom stereocenters. The van der Waals surface area contributed by atoms with E-state index in [1.54, 1.807) is 0 Å². The Hall–Kier alpha value is -1.58. The lowest BCUT2D eigenvalue weighted by Crippen LogP contribution is -2.26. The maximum atomic E-state index is 11.2. The summed E-state index contributed by atoms with van der Waals surface area (Å²) in [5, 5.41) is 0. The van der Waals surface area contributed by atoms with Gasteiger partial charge in [0.1, 0.15) is 0 Å². The van der Waals surface area contributed by atoms with Gasteiger partial charge in [-0.2, -0.15) is 0 Å². The van der Waals surface area contributed by atoms with E-state index in [1.807, 2.05) is 0 Å². The molecule has 4 heteroatoms. The molecule has 0 aromatic heterocycles. The first-order valence-corrected chi connectivity index (χ1v) is 8.85. The topological polar surface area (TPSA) is 86.2 Å². The quantitative estimate of drug-likeness (QED) is 0.737. The van der Waals surface area contributed by atoms with Gasteiger partial charge in [-0.1, -0.05) is 13.2 Å². The second-order valence-corrected chi connectivity index (χ2v) is 7.45. The molecular formula is C19H30N2O2. The Kier molecular flexibility index (Phi) is 6.03. The number of nitrogens with two attached hydrogens (primary N) is 2. The van der Waals surface area contributed by atoms with E-state index in [4.69, 9.17) is 11.5 Å². The van der Waals surface area contributed by atoms with E-state index >= 15 is 0 Å². The maximum Gasteiger partial charge on any atom is 0.244 e. The van der Waals surface area contributed by atoms with Gasteiger partial charge in [0.05, 0.1) is 0 Å². The molecule has 0 unspecified atom stereocenters. The summed E-state index contributed by atoms with van der Waals surface area (Å²) in [4.78, 5) is 22.4. The summed E-state index contributed by atoms with van der Waals surface area (Å²) in [6.07, 6.45) is 10.1. The highest BCUT2D eigenvalue weighted by Gasteiger charge is 2.29. The molecule has 0 aliphatic heterocycles. The van der Waals surface area contributed by atoms with Gasteiger partial charge >= 0.3 is 0 Å². The minimum Gasteiger partial charge on any atom is -0.366 e. The van der Waals surface area contributed by atoms with E-state index in [2.05, 4.69) is 13.2 Å². The highest BCUT2D eigenvalue weighted by Crippen LogP contribution is 2.40. The lowest BCUT2D eigenvalue weighted by molar-refractivity contribution is -0.116. The molecule has 2 saturated carbocycles. The van der Waals surface area contributed by atoms with Crippen LogP contribution in [0.1, 0.15) is 57.8 Å². The van der Waals surface area contributed by atoms with Crippen molar-refractivity contribution in [3.63, 3.8) is 0 Å². The number of primary amides is 2. The summed E-state index contributed by atoms with van der Waals surface area (Å²) >= 11 is 0. The van der Waals surface area contributed by atoms with Crippen LogP contribution >= 0.6 is 0 Å². The van der Waals surface area contributed by atoms with E-state index in [1.165, 1.54) is 32.1 Å². The van der Waals surface area contributed by atoms with Crippen LogP contribution in [0.25, 0.3) is 0 Å². The molecule has 0 aromatic rings. The minimum absolute atomic E-state index is 0.290. The third kappa shape index (κ3) is 4.69. The number of hydrogen-bond donors (Lipinski definition) is 2. The Balaban J connectivity index is 1.72. The normalized spacial score (nSPS) is 31.3. The highest BCUT2D eigenvalue weighted by atomic mass is 16.1. The average Bonchev–Trinajstić information content (AvgIpc) is 2.54. The molecule has 4 N–H and O–H groups in total. The van der Waals surface area contributed by atoms with Gasteiger partial charge in [0.2, 0.25) is 11.8 Å². The van der Waals surface area contributed by atoms with Crippen LogP contribution in [0.3, 0.4) is 0 Å². The number of hydrogen-bond acceptors (Lipinski definition) is 2. The van der Waals surface area contributed by atoms with Crippen molar-refractivity contribution in [3.05, 3.63) is 24.3 Å². The molecule has 0 saturated heterocycles. The van der Waals surface area contributed by atoms with E-state index in [0.29, 0.717) is 23.0 Å². The SMILES string of the molecule is C=C(C(N)=O)C1CCC(CC2CCC(C(=C)C(N)=O)CC2)CC1. The largest absolute Gasteiger partial charge is 0.366 e. The molecule has 4 nitrogen and oxygen atoms in total. The first-order valence-electron chi connectivity index (χ1n) is 8.85. The summed E-state index contributed by atoms with van der Waals surface area (Å²) in [5.74, 6) is 1.40. The van der Waals surface area contributed by atoms with Gasteiger partial charge in [0.25, 0.3) is 0 Å². The molecule has 2 aliphatic rings. The Morgan fingerprint density at radius 2 is 1.00 bits per heavy atom. The van der Waals surface area contributed by atoms with E-state index < -0.39 is 0 Å². The summed E-state index contributed by atoms with van der Waals surface area (Å²) in [5.41, 5.74) is 11.9. The molecule has 128 valence electrons. The van der Waals surface area contributed by atoms with E-state index in [0.717, 1.165) is 37.5 Å². The molecule has 0 heterocycles. The van der Waals surface area contributed by atoms with Crippen molar-refractivity contribution in [3.8, 4) is 0 Å². The number of rotatable bonds is 6. The molecule has 2 amide bonds. The van der Waals surface area contributed by atoms with Gasteiger partial charge in [-0.25, -0.2) is 0 Å². The fraction of sp³-hybridized carbons (Fsp3) is 0.684. The molecule has 0 bridgehead atoms. The van der Waals surface area contributed by atoms with Gasteiger partial charge in [-0.3, -0.25) is 9.59 Å². The van der Waals surface area contributed by atoms with Gasteiger partial charge in [0, 0.05) is 11.1 Å². The third-order valence-electron chi connectivity index (χ3n) is 5.98. The fourth-order valence-corrected chi connectivity index (χ4v) is 4.37. The van der Waals surface area contributed by atoms with Crippen molar-refractivity contribution in [2.24, 2.45) is 35.1 Å². The first kappa shape index (κ1) is 17.8. The van der Waals surface area contributed by atoms with Crippen molar-refractivity contribution in [2.75, 3.05) is 0 Å². The minimum atomic E-state index is -0.346. The van der Waals surface area contributed by atoms with E-state index in [-0.39, 0.29) is 11.8 Å². The van der Waals surface area contributed by atoms with Gasteiger partial charge < -0.3 is 11.5 Å². The number of carbonyl (C=O) groups is 2. The van der Waals surface area contributed by atoms with Crippen LogP contribution in [0.2, 0.25) is 0 Å². The lowest BCUT2D eigenvalue weighted by Gasteiger charge is -2.34. The van der Waals surface area contributed by atoms with Crippen molar-refractivity contribution < 1.29 is 9.59 Å². The average molecular weight is 318 g/mol. The van der Waals surface area contributed by atoms with Crippen LogP contribution < -0.4 is 11.5 Å². The number of carbonyl (C=O) groups excluding carboxylic acids is 2. The predicted molar refractivity (Wildman–Crippen MR) is 92.2 cm³/mol. The molecule has 23 heavy (non-hydrogen) atoms. The van der Waals surface area contributed by atoms with Crippen LogP contribution in [-0.2, 0) is 9.59 Å². The Morgan fingerprint density at radius 3 is 1.26 bits per heavy atom. The standard InChI is InChI=1S/C19H30N2O2/c1-12(18(20)22)16-7-3-14(4-8-16)11-15-5-9-17(10-6-15)13(2)19(21)23/h14-17H,1-11H2,(H2,20,22)(H2,21,23). The zero-order chi connectivity index (χ0) is 17.0. The molecule has 0 aromatic carbocycles. The Morgan fingerprint density at radius 1 is 0.696 bits per heavy atom. The Bertz CT molecular complexity index is 438. The highest BCUT2D eigenvalue weighted by molar-refractivity contribution is 5.92. The smallest absolute Gasteiger partial charge is 0.244 e. The fourth-order valence-electron chi connectivity index (χ4n) is 4.37. The summed E-state index contributed by atoms with van der Waals surface area (Å²) in [7, 11) is 0. The van der Waals surface area contributed by atoms with Crippen LogP contribution in [0.4, 0.5) is 0 Å². The molecule has 2 rings (SSSR count). The van der Waals surface area contributed by atoms with Crippen LogP contribution in [0.15, 0.2) is 24.3 Å². The second-order valence-electron chi connectivity index (χ2n) is 7.45. The van der Waals surface area contributed by atoms with Gasteiger partial charge in [0.15, 0.2) is 0 Å². The zero-order valence-corrected chi connectivity index (χ0v) is 14.1. The molecular weight excluding hydrogens is 288 g/mol. The molecule has 0 spiro atoms. The van der Waals surface area contributed by atoms with Crippen molar-refractivity contribution in [1.29, 1.82) is 0 Å². The monoisotopic (exact) mass is 318 g/mol. The Labute approximate surface area is 139 Å². The number of amides is 2. The lowest BCUT2D eigenvalue weighted by atomic mass is 9.71. The molecule has 2 aliphatic carbocycles. The van der Waals surface area contributed by atoms with Crippen molar-refractivity contribution >= 4 is 11.8 Å². The summed E-state index contributed by atoms with van der Waals surface area (Å²) in [6, 6.07) is 0. The third-order valence-corrected chi connectivity index (χ3v) is 5.98. The zero-order valence-electron chi connectivity index (χ0n) is 14.1. The summed E-state index contributed by atoms with van der Waals surface area (Å²) in [6.45, 7) is 7.67. The maximum absolute atomic E-state index is 11.2. The van der Waals surface area contributed by atoms with Crippen LogP contribution in [0.5, 0.6) is 0 Å². The van der Waals surface area contributed by atoms with Crippen LogP contribution in [-0.4, -0.2) is 11.8 Å². The van der Waals surface area contributed by atoms with Gasteiger partial charge in [-0.05, 0) is 81.5 Å². The van der Waals surface area contributed by atoms with Crippen molar-refractivity contribution in [2.45, 2.75) is 57.8 Å². The van der Waals surface area contributed by atoms with Crippen LogP contribution in [0, 0.1) is 23.7 Å². The first-order chi connectivity index (χ1) is 10.9. The van der Waals surface area contributed by atoms with Crippen molar-refractivity contribution in [1.82, 2.24) is 0 Å². The second kappa shape index (κ2) is 7.80. The molecule has 2 fully saturated rings.